The second-order valence-electron chi connectivity index (χ2n) is 6.86. The van der Waals surface area contributed by atoms with E-state index in [1.165, 1.54) is 13.3 Å². The lowest BCUT2D eigenvalue weighted by atomic mass is 9.86. The summed E-state index contributed by atoms with van der Waals surface area (Å²) in [6.07, 6.45) is 7.94. The lowest BCUT2D eigenvalue weighted by molar-refractivity contribution is -0.155. The maximum Gasteiger partial charge on any atom is 0.330 e. The van der Waals surface area contributed by atoms with Crippen LogP contribution in [0.2, 0.25) is 0 Å². The van der Waals surface area contributed by atoms with Crippen molar-refractivity contribution in [1.82, 2.24) is 19.4 Å². The van der Waals surface area contributed by atoms with Gasteiger partial charge in [0.2, 0.25) is 11.8 Å². The molecule has 1 unspecified atom stereocenters. The second kappa shape index (κ2) is 6.85. The van der Waals surface area contributed by atoms with Crippen LogP contribution in [0.3, 0.4) is 0 Å². The molecule has 2 saturated heterocycles. The van der Waals surface area contributed by atoms with Gasteiger partial charge in [-0.3, -0.25) is 9.59 Å². The fourth-order valence-electron chi connectivity index (χ4n) is 3.97. The van der Waals surface area contributed by atoms with E-state index < -0.39 is 17.6 Å². The lowest BCUT2D eigenvalue weighted by Gasteiger charge is -2.42. The number of rotatable bonds is 3. The first-order chi connectivity index (χ1) is 12.0. The van der Waals surface area contributed by atoms with E-state index in [1.807, 2.05) is 0 Å². The quantitative estimate of drug-likeness (QED) is 0.867. The van der Waals surface area contributed by atoms with Crippen molar-refractivity contribution in [3.05, 3.63) is 18.7 Å². The van der Waals surface area contributed by atoms with Gasteiger partial charge < -0.3 is 19.5 Å². The Kier molecular flexibility index (Phi) is 4.78. The number of amides is 2. The van der Waals surface area contributed by atoms with Crippen molar-refractivity contribution >= 4 is 17.8 Å². The molecule has 0 radical (unpaired) electrons. The molecule has 136 valence electrons. The number of likely N-dealkylation sites (tertiary alicyclic amines) is 2. The Balaban J connectivity index is 1.72. The summed E-state index contributed by atoms with van der Waals surface area (Å²) in [7, 11) is 0. The number of hydrogen-bond donors (Lipinski definition) is 1. The smallest absolute Gasteiger partial charge is 0.330 e. The molecule has 8 heteroatoms. The van der Waals surface area contributed by atoms with E-state index in [0.29, 0.717) is 38.9 Å². The van der Waals surface area contributed by atoms with Crippen molar-refractivity contribution in [2.45, 2.75) is 50.6 Å². The predicted octanol–water partition coefficient (Wildman–Crippen LogP) is 0.686. The third kappa shape index (κ3) is 3.12. The number of imidazole rings is 1. The highest BCUT2D eigenvalue weighted by atomic mass is 16.4. The van der Waals surface area contributed by atoms with Crippen molar-refractivity contribution in [2.24, 2.45) is 0 Å². The molecular weight excluding hydrogens is 324 g/mol. The largest absolute Gasteiger partial charge is 0.479 e. The van der Waals surface area contributed by atoms with E-state index in [-0.39, 0.29) is 11.8 Å². The SMILES string of the molecule is CC(=O)N1CCCCC1C(=O)N1CCC(C(=O)O)(n2ccnc2)CC1. The number of carbonyl (C=O) groups is 3. The Hall–Kier alpha value is -2.38. The van der Waals surface area contributed by atoms with Crippen molar-refractivity contribution < 1.29 is 19.5 Å². The fourth-order valence-corrected chi connectivity index (χ4v) is 3.97. The Morgan fingerprint density at radius 2 is 1.88 bits per heavy atom. The lowest BCUT2D eigenvalue weighted by Crippen LogP contribution is -2.57. The topological polar surface area (TPSA) is 95.7 Å². The van der Waals surface area contributed by atoms with Crippen LogP contribution in [0.1, 0.15) is 39.0 Å². The molecule has 1 N–H and O–H groups in total. The zero-order valence-electron chi connectivity index (χ0n) is 14.4. The molecule has 2 fully saturated rings. The molecule has 1 aromatic rings. The third-order valence-electron chi connectivity index (χ3n) is 5.49. The van der Waals surface area contributed by atoms with Crippen LogP contribution in [0, 0.1) is 0 Å². The van der Waals surface area contributed by atoms with Gasteiger partial charge >= 0.3 is 5.97 Å². The summed E-state index contributed by atoms with van der Waals surface area (Å²) in [5.74, 6) is -1.03. The highest BCUT2D eigenvalue weighted by Gasteiger charge is 2.45. The molecule has 8 nitrogen and oxygen atoms in total. The van der Waals surface area contributed by atoms with Gasteiger partial charge in [0.25, 0.3) is 0 Å². The van der Waals surface area contributed by atoms with E-state index in [0.717, 1.165) is 12.8 Å². The molecule has 2 amide bonds. The number of nitrogens with zero attached hydrogens (tertiary/aromatic N) is 4. The normalized spacial score (nSPS) is 23.3. The van der Waals surface area contributed by atoms with E-state index >= 15 is 0 Å². The number of piperidine rings is 2. The molecule has 1 aromatic heterocycles. The molecule has 3 rings (SSSR count). The third-order valence-corrected chi connectivity index (χ3v) is 5.49. The van der Waals surface area contributed by atoms with Crippen molar-refractivity contribution in [3.63, 3.8) is 0 Å². The first-order valence-corrected chi connectivity index (χ1v) is 8.73. The molecule has 0 aromatic carbocycles. The van der Waals surface area contributed by atoms with Gasteiger partial charge in [0.05, 0.1) is 6.33 Å². The average Bonchev–Trinajstić information content (AvgIpc) is 3.16. The minimum absolute atomic E-state index is 0.0560. The molecule has 0 bridgehead atoms. The Bertz CT molecular complexity index is 650. The molecule has 0 aliphatic carbocycles. The molecule has 0 spiro atoms. The van der Waals surface area contributed by atoms with Crippen molar-refractivity contribution in [1.29, 1.82) is 0 Å². The van der Waals surface area contributed by atoms with Crippen LogP contribution in [0.25, 0.3) is 0 Å². The molecule has 0 saturated carbocycles. The zero-order valence-corrected chi connectivity index (χ0v) is 14.4. The summed E-state index contributed by atoms with van der Waals surface area (Å²) in [6, 6.07) is -0.406. The van der Waals surface area contributed by atoms with Gasteiger partial charge in [0.15, 0.2) is 0 Å². The number of aromatic nitrogens is 2. The van der Waals surface area contributed by atoms with Gasteiger partial charge in [-0.05, 0) is 32.1 Å². The summed E-state index contributed by atoms with van der Waals surface area (Å²) in [6.45, 7) is 2.85. The highest BCUT2D eigenvalue weighted by molar-refractivity contribution is 5.87. The summed E-state index contributed by atoms with van der Waals surface area (Å²) < 4.78 is 1.62. The first-order valence-electron chi connectivity index (χ1n) is 8.73. The van der Waals surface area contributed by atoms with Crippen LogP contribution in [0.4, 0.5) is 0 Å². The average molecular weight is 348 g/mol. The van der Waals surface area contributed by atoms with Crippen LogP contribution in [0.5, 0.6) is 0 Å². The summed E-state index contributed by atoms with van der Waals surface area (Å²) in [5.41, 5.74) is -1.06. The summed E-state index contributed by atoms with van der Waals surface area (Å²) in [4.78, 5) is 43.9. The Morgan fingerprint density at radius 1 is 1.16 bits per heavy atom. The van der Waals surface area contributed by atoms with Crippen molar-refractivity contribution in [2.75, 3.05) is 19.6 Å². The van der Waals surface area contributed by atoms with Crippen molar-refractivity contribution in [3.8, 4) is 0 Å². The summed E-state index contributed by atoms with van der Waals surface area (Å²) >= 11 is 0. The van der Waals surface area contributed by atoms with Crippen LogP contribution in [-0.2, 0) is 19.9 Å². The van der Waals surface area contributed by atoms with E-state index in [4.69, 9.17) is 0 Å². The molecule has 25 heavy (non-hydrogen) atoms. The zero-order chi connectivity index (χ0) is 18.0. The number of hydrogen-bond acceptors (Lipinski definition) is 4. The minimum atomic E-state index is -1.06. The van der Waals surface area contributed by atoms with Gasteiger partial charge in [-0.2, -0.15) is 0 Å². The highest BCUT2D eigenvalue weighted by Crippen LogP contribution is 2.31. The molecule has 2 aliphatic heterocycles. The maximum absolute atomic E-state index is 12.9. The monoisotopic (exact) mass is 348 g/mol. The predicted molar refractivity (Wildman–Crippen MR) is 88.7 cm³/mol. The Morgan fingerprint density at radius 3 is 2.44 bits per heavy atom. The second-order valence-corrected chi connectivity index (χ2v) is 6.86. The van der Waals surface area contributed by atoms with Crippen LogP contribution < -0.4 is 0 Å². The van der Waals surface area contributed by atoms with E-state index in [2.05, 4.69) is 4.98 Å². The number of carboxylic acids is 1. The van der Waals surface area contributed by atoms with Gasteiger partial charge in [-0.1, -0.05) is 0 Å². The van der Waals surface area contributed by atoms with Gasteiger partial charge in [0.1, 0.15) is 11.6 Å². The molecule has 1 atom stereocenters. The molecule has 2 aliphatic rings. The Labute approximate surface area is 146 Å². The fraction of sp³-hybridized carbons (Fsp3) is 0.647. The van der Waals surface area contributed by atoms with Crippen LogP contribution in [0.15, 0.2) is 18.7 Å². The molecule has 3 heterocycles. The van der Waals surface area contributed by atoms with Gasteiger partial charge in [0, 0.05) is 39.0 Å². The van der Waals surface area contributed by atoms with Crippen LogP contribution >= 0.6 is 0 Å². The number of carboxylic acid groups (broad SMARTS) is 1. The van der Waals surface area contributed by atoms with Crippen LogP contribution in [-0.4, -0.2) is 67.9 Å². The molecular formula is C17H24N4O4. The van der Waals surface area contributed by atoms with Gasteiger partial charge in [-0.15, -0.1) is 0 Å². The minimum Gasteiger partial charge on any atom is -0.479 e. The number of aliphatic carboxylic acids is 1. The van der Waals surface area contributed by atoms with E-state index in [1.54, 1.807) is 26.8 Å². The first kappa shape index (κ1) is 17.4. The summed E-state index contributed by atoms with van der Waals surface area (Å²) in [5, 5.41) is 9.74. The number of carbonyl (C=O) groups excluding carboxylic acids is 2. The standard InChI is InChI=1S/C17H24N4O4/c1-13(22)21-8-3-2-4-14(21)15(23)19-9-5-17(6-10-19,16(24)25)20-11-7-18-12-20/h7,11-12,14H,2-6,8-10H2,1H3,(H,24,25). The maximum atomic E-state index is 12.9. The van der Waals surface area contributed by atoms with E-state index in [9.17, 15) is 19.5 Å². The van der Waals surface area contributed by atoms with Gasteiger partial charge in [-0.25, -0.2) is 9.78 Å².